The third-order valence-corrected chi connectivity index (χ3v) is 5.26. The Hall–Kier alpha value is -0.580. The second-order valence-electron chi connectivity index (χ2n) is 6.25. The van der Waals surface area contributed by atoms with E-state index in [9.17, 15) is 13.2 Å². The number of amides is 1. The number of hydrogen-bond acceptors (Lipinski definition) is 3. The topological polar surface area (TPSA) is 54.5 Å². The lowest BCUT2D eigenvalue weighted by Crippen LogP contribution is -2.46. The van der Waals surface area contributed by atoms with Crippen LogP contribution in [-0.4, -0.2) is 43.3 Å². The van der Waals surface area contributed by atoms with E-state index >= 15 is 0 Å². The van der Waals surface area contributed by atoms with Crippen LogP contribution in [0.1, 0.15) is 51.9 Å². The summed E-state index contributed by atoms with van der Waals surface area (Å²) in [6.45, 7) is 1.88. The Morgan fingerprint density at radius 3 is 2.21 bits per heavy atom. The lowest BCUT2D eigenvalue weighted by molar-refractivity contribution is -0.138. The van der Waals surface area contributed by atoms with Gasteiger partial charge in [-0.05, 0) is 32.6 Å². The Kier molecular flexibility index (Phi) is 4.54. The van der Waals surface area contributed by atoms with Crippen LogP contribution in [0, 0.1) is 5.92 Å². The largest absolute Gasteiger partial charge is 0.336 e. The van der Waals surface area contributed by atoms with Crippen molar-refractivity contribution in [1.82, 2.24) is 4.90 Å². The Morgan fingerprint density at radius 2 is 1.74 bits per heavy atom. The van der Waals surface area contributed by atoms with Crippen LogP contribution in [0.3, 0.4) is 0 Å². The highest BCUT2D eigenvalue weighted by atomic mass is 32.2. The van der Waals surface area contributed by atoms with Gasteiger partial charge in [0.1, 0.15) is 9.84 Å². The molecule has 2 saturated carbocycles. The van der Waals surface area contributed by atoms with Gasteiger partial charge in [0.2, 0.25) is 5.91 Å². The second-order valence-corrected chi connectivity index (χ2v) is 8.44. The first-order valence-electron chi connectivity index (χ1n) is 7.38. The molecular weight excluding hydrogens is 262 g/mol. The molecule has 2 fully saturated rings. The summed E-state index contributed by atoms with van der Waals surface area (Å²) < 4.78 is 22.9. The molecule has 0 aromatic heterocycles. The van der Waals surface area contributed by atoms with Crippen molar-refractivity contribution < 1.29 is 13.2 Å². The molecule has 5 heteroatoms. The van der Waals surface area contributed by atoms with E-state index < -0.39 is 9.84 Å². The zero-order chi connectivity index (χ0) is 14.0. The van der Waals surface area contributed by atoms with Gasteiger partial charge in [-0.2, -0.15) is 0 Å². The zero-order valence-corrected chi connectivity index (χ0v) is 12.8. The van der Waals surface area contributed by atoms with E-state index in [1.807, 2.05) is 11.8 Å². The summed E-state index contributed by atoms with van der Waals surface area (Å²) in [5, 5.41) is 0. The first-order valence-corrected chi connectivity index (χ1v) is 9.44. The lowest BCUT2D eigenvalue weighted by Gasteiger charge is -2.33. The fraction of sp³-hybridized carbons (Fsp3) is 0.929. The Labute approximate surface area is 116 Å². The molecule has 0 bridgehead atoms. The average molecular weight is 287 g/mol. The smallest absolute Gasteiger partial charge is 0.226 e. The van der Waals surface area contributed by atoms with Crippen molar-refractivity contribution in [2.24, 2.45) is 5.92 Å². The average Bonchev–Trinajstić information content (AvgIpc) is 3.12. The van der Waals surface area contributed by atoms with Crippen LogP contribution >= 0.6 is 0 Å². The monoisotopic (exact) mass is 287 g/mol. The number of carbonyl (C=O) groups excluding carboxylic acids is 1. The summed E-state index contributed by atoms with van der Waals surface area (Å²) in [6.07, 6.45) is 8.77. The standard InChI is InChI=1S/C14H25NO3S/c1-11(10-19(2,17)18)15(13-8-9-13)14(16)12-6-4-3-5-7-12/h11-13H,3-10H2,1-2H3/t11-/m1/s1. The number of rotatable bonds is 5. The van der Waals surface area contributed by atoms with Crippen molar-refractivity contribution in [1.29, 1.82) is 0 Å². The molecule has 0 saturated heterocycles. The molecule has 0 N–H and O–H groups in total. The first kappa shape index (κ1) is 14.8. The van der Waals surface area contributed by atoms with Gasteiger partial charge in [0.15, 0.2) is 0 Å². The molecule has 0 heterocycles. The van der Waals surface area contributed by atoms with Crippen molar-refractivity contribution in [2.75, 3.05) is 12.0 Å². The molecule has 1 amide bonds. The van der Waals surface area contributed by atoms with Gasteiger partial charge in [0.25, 0.3) is 0 Å². The maximum atomic E-state index is 12.6. The molecule has 0 unspecified atom stereocenters. The molecule has 1 atom stereocenters. The highest BCUT2D eigenvalue weighted by molar-refractivity contribution is 7.90. The van der Waals surface area contributed by atoms with E-state index in [0.29, 0.717) is 6.04 Å². The maximum Gasteiger partial charge on any atom is 0.226 e. The van der Waals surface area contributed by atoms with E-state index in [1.165, 1.54) is 12.7 Å². The lowest BCUT2D eigenvalue weighted by atomic mass is 9.88. The van der Waals surface area contributed by atoms with Crippen LogP contribution in [0.2, 0.25) is 0 Å². The number of hydrogen-bond donors (Lipinski definition) is 0. The molecule has 19 heavy (non-hydrogen) atoms. The Bertz CT molecular complexity index is 422. The third kappa shape index (κ3) is 4.20. The summed E-state index contributed by atoms with van der Waals surface area (Å²) in [4.78, 5) is 14.5. The van der Waals surface area contributed by atoms with Crippen molar-refractivity contribution in [3.63, 3.8) is 0 Å². The molecule has 110 valence electrons. The Morgan fingerprint density at radius 1 is 1.16 bits per heavy atom. The zero-order valence-electron chi connectivity index (χ0n) is 12.0. The first-order chi connectivity index (χ1) is 8.88. The van der Waals surface area contributed by atoms with Gasteiger partial charge in [-0.3, -0.25) is 4.79 Å². The summed E-state index contributed by atoms with van der Waals surface area (Å²) in [7, 11) is -3.03. The van der Waals surface area contributed by atoms with Crippen molar-refractivity contribution in [2.45, 2.75) is 64.0 Å². The van der Waals surface area contributed by atoms with Crippen LogP contribution in [0.15, 0.2) is 0 Å². The molecule has 2 aliphatic rings. The number of carbonyl (C=O) groups is 1. The van der Waals surface area contributed by atoms with E-state index in [-0.39, 0.29) is 23.6 Å². The SMILES string of the molecule is C[C@H](CS(C)(=O)=O)N(C(=O)C1CCCCC1)C1CC1. The second kappa shape index (κ2) is 5.81. The van der Waals surface area contributed by atoms with Gasteiger partial charge in [-0.15, -0.1) is 0 Å². The van der Waals surface area contributed by atoms with E-state index in [2.05, 4.69) is 0 Å². The molecule has 4 nitrogen and oxygen atoms in total. The summed E-state index contributed by atoms with van der Waals surface area (Å²) in [5.41, 5.74) is 0. The van der Waals surface area contributed by atoms with Gasteiger partial charge in [-0.1, -0.05) is 19.3 Å². The van der Waals surface area contributed by atoms with Gasteiger partial charge in [-0.25, -0.2) is 8.42 Å². The maximum absolute atomic E-state index is 12.6. The van der Waals surface area contributed by atoms with Crippen molar-refractivity contribution >= 4 is 15.7 Å². The van der Waals surface area contributed by atoms with Crippen LogP contribution in [0.4, 0.5) is 0 Å². The van der Waals surface area contributed by atoms with Crippen LogP contribution in [0.25, 0.3) is 0 Å². The molecule has 0 aromatic carbocycles. The summed E-state index contributed by atoms with van der Waals surface area (Å²) in [6, 6.07) is 0.114. The molecular formula is C14H25NO3S. The number of nitrogens with zero attached hydrogens (tertiary/aromatic N) is 1. The fourth-order valence-corrected chi connectivity index (χ4v) is 4.23. The summed E-state index contributed by atoms with van der Waals surface area (Å²) >= 11 is 0. The van der Waals surface area contributed by atoms with Crippen LogP contribution in [-0.2, 0) is 14.6 Å². The molecule has 2 aliphatic carbocycles. The summed E-state index contributed by atoms with van der Waals surface area (Å²) in [5.74, 6) is 0.428. The van der Waals surface area contributed by atoms with Gasteiger partial charge >= 0.3 is 0 Å². The van der Waals surface area contributed by atoms with E-state index in [1.54, 1.807) is 0 Å². The molecule has 0 aromatic rings. The van der Waals surface area contributed by atoms with Crippen molar-refractivity contribution in [3.05, 3.63) is 0 Å². The van der Waals surface area contributed by atoms with Crippen molar-refractivity contribution in [3.8, 4) is 0 Å². The number of sulfone groups is 1. The molecule has 0 radical (unpaired) electrons. The predicted octanol–water partition coefficient (Wildman–Crippen LogP) is 1.99. The molecule has 2 rings (SSSR count). The highest BCUT2D eigenvalue weighted by Gasteiger charge is 2.39. The van der Waals surface area contributed by atoms with Gasteiger partial charge in [0, 0.05) is 24.3 Å². The van der Waals surface area contributed by atoms with Crippen LogP contribution in [0.5, 0.6) is 0 Å². The third-order valence-electron chi connectivity index (χ3n) is 4.17. The van der Waals surface area contributed by atoms with E-state index in [0.717, 1.165) is 38.5 Å². The molecule has 0 spiro atoms. The van der Waals surface area contributed by atoms with Crippen LogP contribution < -0.4 is 0 Å². The molecule has 0 aliphatic heterocycles. The quantitative estimate of drug-likeness (QED) is 0.777. The minimum Gasteiger partial charge on any atom is -0.336 e. The van der Waals surface area contributed by atoms with E-state index in [4.69, 9.17) is 0 Å². The minimum absolute atomic E-state index is 0.0853. The Balaban J connectivity index is 2.04. The normalized spacial score (nSPS) is 23.1. The minimum atomic E-state index is -3.03. The highest BCUT2D eigenvalue weighted by Crippen LogP contribution is 2.33. The predicted molar refractivity (Wildman–Crippen MR) is 75.6 cm³/mol. The fourth-order valence-electron chi connectivity index (χ4n) is 3.19. The van der Waals surface area contributed by atoms with Gasteiger partial charge < -0.3 is 4.90 Å². The van der Waals surface area contributed by atoms with Gasteiger partial charge in [0.05, 0.1) is 5.75 Å².